The Morgan fingerprint density at radius 1 is 1.28 bits per heavy atom. The lowest BCUT2D eigenvalue weighted by Gasteiger charge is -2.16. The third-order valence-electron chi connectivity index (χ3n) is 3.04. The second-order valence-corrected chi connectivity index (χ2v) is 6.42. The number of benzene rings is 1. The summed E-state index contributed by atoms with van der Waals surface area (Å²) in [6, 6.07) is 8.26. The van der Waals surface area contributed by atoms with E-state index in [1.165, 1.54) is 29.9 Å². The zero-order valence-electron chi connectivity index (χ0n) is 11.4. The molecule has 0 aliphatic heterocycles. The van der Waals surface area contributed by atoms with E-state index in [-0.39, 0.29) is 0 Å². The number of hydrogen-bond acceptors (Lipinski definition) is 2. The summed E-state index contributed by atoms with van der Waals surface area (Å²) in [5, 5.41) is 4.13. The number of rotatable bonds is 9. The maximum Gasteiger partial charge on any atom is 0.0406 e. The molecular weight excluding hydrogens is 262 g/mol. The molecule has 0 amide bonds. The Hall–Kier alpha value is -0.180. The van der Waals surface area contributed by atoms with Crippen LogP contribution in [0, 0.1) is 5.92 Å². The van der Waals surface area contributed by atoms with Crippen LogP contribution in [-0.2, 0) is 6.42 Å². The minimum Gasteiger partial charge on any atom is -0.319 e. The molecule has 0 radical (unpaired) electrons. The van der Waals surface area contributed by atoms with Crippen molar-refractivity contribution in [2.45, 2.75) is 26.2 Å². The van der Waals surface area contributed by atoms with Crippen LogP contribution in [0.25, 0.3) is 0 Å². The van der Waals surface area contributed by atoms with E-state index < -0.39 is 0 Å². The molecule has 1 atom stereocenters. The summed E-state index contributed by atoms with van der Waals surface area (Å²) >= 11 is 7.95. The molecular formula is C15H24ClNS. The van der Waals surface area contributed by atoms with Crippen LogP contribution < -0.4 is 5.32 Å². The van der Waals surface area contributed by atoms with Crippen LogP contribution in [0.15, 0.2) is 24.3 Å². The Bertz CT molecular complexity index is 313. The van der Waals surface area contributed by atoms with E-state index in [2.05, 4.69) is 24.4 Å². The molecule has 1 nitrogen and oxygen atoms in total. The van der Waals surface area contributed by atoms with Crippen LogP contribution in [0.1, 0.15) is 25.3 Å². The highest BCUT2D eigenvalue weighted by Crippen LogP contribution is 2.17. The largest absolute Gasteiger partial charge is 0.319 e. The molecule has 1 aromatic carbocycles. The smallest absolute Gasteiger partial charge is 0.0406 e. The van der Waals surface area contributed by atoms with Crippen molar-refractivity contribution in [2.24, 2.45) is 5.92 Å². The van der Waals surface area contributed by atoms with Crippen molar-refractivity contribution >= 4 is 23.4 Å². The second kappa shape index (κ2) is 9.71. The lowest BCUT2D eigenvalue weighted by atomic mass is 9.95. The third-order valence-corrected chi connectivity index (χ3v) is 4.27. The molecule has 0 spiro atoms. The first-order chi connectivity index (χ1) is 8.76. The minimum absolute atomic E-state index is 0.730. The summed E-state index contributed by atoms with van der Waals surface area (Å²) < 4.78 is 0. The van der Waals surface area contributed by atoms with Gasteiger partial charge in [-0.3, -0.25) is 0 Å². The molecule has 0 saturated carbocycles. The Labute approximate surface area is 121 Å². The van der Waals surface area contributed by atoms with E-state index in [0.29, 0.717) is 0 Å². The Balaban J connectivity index is 2.38. The summed E-state index contributed by atoms with van der Waals surface area (Å²) in [4.78, 5) is 0. The molecule has 0 aliphatic rings. The topological polar surface area (TPSA) is 12.0 Å². The van der Waals surface area contributed by atoms with E-state index in [0.717, 1.165) is 23.9 Å². The number of halogens is 1. The Kier molecular flexibility index (Phi) is 8.57. The average molecular weight is 286 g/mol. The monoisotopic (exact) mass is 285 g/mol. The van der Waals surface area contributed by atoms with E-state index in [4.69, 9.17) is 11.6 Å². The van der Waals surface area contributed by atoms with Gasteiger partial charge in [0.2, 0.25) is 0 Å². The van der Waals surface area contributed by atoms with Crippen molar-refractivity contribution in [3.05, 3.63) is 34.9 Å². The minimum atomic E-state index is 0.730. The van der Waals surface area contributed by atoms with Crippen LogP contribution in [0.4, 0.5) is 0 Å². The zero-order chi connectivity index (χ0) is 13.2. The molecule has 1 unspecified atom stereocenters. The number of hydrogen-bond donors (Lipinski definition) is 1. The van der Waals surface area contributed by atoms with Crippen molar-refractivity contribution < 1.29 is 0 Å². The standard InChI is InChI=1S/C15H24ClNS/c1-3-18-10-4-5-14(12-17-2)11-13-6-8-15(16)9-7-13/h6-9,14,17H,3-5,10-12H2,1-2H3. The van der Waals surface area contributed by atoms with Gasteiger partial charge in [0.25, 0.3) is 0 Å². The molecule has 102 valence electrons. The van der Waals surface area contributed by atoms with Gasteiger partial charge in [-0.15, -0.1) is 0 Å². The van der Waals surface area contributed by atoms with Crippen LogP contribution in [0.2, 0.25) is 5.02 Å². The molecule has 0 bridgehead atoms. The van der Waals surface area contributed by atoms with Gasteiger partial charge in [-0.1, -0.05) is 30.7 Å². The normalized spacial score (nSPS) is 12.6. The summed E-state index contributed by atoms with van der Waals surface area (Å²) in [6.07, 6.45) is 3.77. The Morgan fingerprint density at radius 2 is 2.00 bits per heavy atom. The summed E-state index contributed by atoms with van der Waals surface area (Å²) in [7, 11) is 2.04. The third kappa shape index (κ3) is 6.67. The van der Waals surface area contributed by atoms with Gasteiger partial charge < -0.3 is 5.32 Å². The summed E-state index contributed by atoms with van der Waals surface area (Å²) in [5.74, 6) is 3.25. The first-order valence-corrected chi connectivity index (χ1v) is 8.26. The van der Waals surface area contributed by atoms with Gasteiger partial charge in [0.1, 0.15) is 0 Å². The van der Waals surface area contributed by atoms with E-state index in [1.54, 1.807) is 0 Å². The highest BCUT2D eigenvalue weighted by molar-refractivity contribution is 7.99. The van der Waals surface area contributed by atoms with Gasteiger partial charge in [0.05, 0.1) is 0 Å². The zero-order valence-corrected chi connectivity index (χ0v) is 13.0. The fourth-order valence-corrected chi connectivity index (χ4v) is 2.92. The quantitative estimate of drug-likeness (QED) is 0.681. The van der Waals surface area contributed by atoms with E-state index in [1.807, 2.05) is 30.9 Å². The highest BCUT2D eigenvalue weighted by Gasteiger charge is 2.08. The van der Waals surface area contributed by atoms with Gasteiger partial charge in [0, 0.05) is 5.02 Å². The van der Waals surface area contributed by atoms with Crippen LogP contribution in [-0.4, -0.2) is 25.1 Å². The second-order valence-electron chi connectivity index (χ2n) is 4.59. The summed E-state index contributed by atoms with van der Waals surface area (Å²) in [5.41, 5.74) is 1.39. The fourth-order valence-electron chi connectivity index (χ4n) is 2.14. The van der Waals surface area contributed by atoms with Gasteiger partial charge in [0.15, 0.2) is 0 Å². The SMILES string of the molecule is CCSCCCC(CNC)Cc1ccc(Cl)cc1. The average Bonchev–Trinajstić information content (AvgIpc) is 2.37. The van der Waals surface area contributed by atoms with Crippen LogP contribution >= 0.6 is 23.4 Å². The number of thioether (sulfide) groups is 1. The molecule has 1 N–H and O–H groups in total. The van der Waals surface area contributed by atoms with E-state index >= 15 is 0 Å². The highest BCUT2D eigenvalue weighted by atomic mass is 35.5. The summed E-state index contributed by atoms with van der Waals surface area (Å²) in [6.45, 7) is 3.32. The van der Waals surface area contributed by atoms with Gasteiger partial charge >= 0.3 is 0 Å². The molecule has 3 heteroatoms. The van der Waals surface area contributed by atoms with Gasteiger partial charge in [-0.2, -0.15) is 11.8 Å². The van der Waals surface area contributed by atoms with Crippen molar-refractivity contribution in [3.63, 3.8) is 0 Å². The van der Waals surface area contributed by atoms with Gasteiger partial charge in [-0.25, -0.2) is 0 Å². The van der Waals surface area contributed by atoms with Crippen LogP contribution in [0.5, 0.6) is 0 Å². The molecule has 0 aliphatic carbocycles. The lowest BCUT2D eigenvalue weighted by Crippen LogP contribution is -2.21. The van der Waals surface area contributed by atoms with Crippen molar-refractivity contribution in [2.75, 3.05) is 25.1 Å². The Morgan fingerprint density at radius 3 is 2.61 bits per heavy atom. The molecule has 1 rings (SSSR count). The van der Waals surface area contributed by atoms with E-state index in [9.17, 15) is 0 Å². The molecule has 0 saturated heterocycles. The predicted octanol–water partition coefficient (Wildman–Crippen LogP) is 4.25. The van der Waals surface area contributed by atoms with Gasteiger partial charge in [-0.05, 0) is 68.0 Å². The molecule has 1 aromatic rings. The molecule has 0 aromatic heterocycles. The predicted molar refractivity (Wildman–Crippen MR) is 84.8 cm³/mol. The molecule has 18 heavy (non-hydrogen) atoms. The van der Waals surface area contributed by atoms with Crippen molar-refractivity contribution in [1.82, 2.24) is 5.32 Å². The molecule has 0 heterocycles. The van der Waals surface area contributed by atoms with Crippen molar-refractivity contribution in [3.8, 4) is 0 Å². The first kappa shape index (κ1) is 15.9. The first-order valence-electron chi connectivity index (χ1n) is 6.73. The van der Waals surface area contributed by atoms with Crippen LogP contribution in [0.3, 0.4) is 0 Å². The lowest BCUT2D eigenvalue weighted by molar-refractivity contribution is 0.457. The van der Waals surface area contributed by atoms with Crippen molar-refractivity contribution in [1.29, 1.82) is 0 Å². The fraction of sp³-hybridized carbons (Fsp3) is 0.600. The maximum absolute atomic E-state index is 5.91. The molecule has 0 fully saturated rings. The maximum atomic E-state index is 5.91. The number of nitrogens with one attached hydrogen (secondary N) is 1.